The van der Waals surface area contributed by atoms with E-state index in [9.17, 15) is 4.79 Å². The van der Waals surface area contributed by atoms with Crippen LogP contribution in [0, 0.1) is 6.92 Å². The minimum absolute atomic E-state index is 0.00176. The van der Waals surface area contributed by atoms with Crippen molar-refractivity contribution < 1.29 is 9.53 Å². The quantitative estimate of drug-likeness (QED) is 0.769. The lowest BCUT2D eigenvalue weighted by Gasteiger charge is -2.47. The number of rotatable bonds is 3. The van der Waals surface area contributed by atoms with Crippen LogP contribution in [0.5, 0.6) is 5.75 Å². The summed E-state index contributed by atoms with van der Waals surface area (Å²) in [5, 5.41) is 7.28. The van der Waals surface area contributed by atoms with E-state index in [4.69, 9.17) is 9.73 Å². The van der Waals surface area contributed by atoms with Crippen molar-refractivity contribution in [2.45, 2.75) is 51.6 Å². The first-order valence-electron chi connectivity index (χ1n) is 11.0. The average molecular weight is 421 g/mol. The molecule has 1 amide bonds. The zero-order valence-electron chi connectivity index (χ0n) is 18.9. The Hall–Kier alpha value is -3.02. The van der Waals surface area contributed by atoms with Crippen LogP contribution in [0.15, 0.2) is 53.5 Å². The minimum Gasteiger partial charge on any atom is -0.484 e. The molecule has 164 valence electrons. The molecule has 1 atom stereocenters. The third kappa shape index (κ3) is 4.68. The number of amidine groups is 1. The van der Waals surface area contributed by atoms with E-state index < -0.39 is 5.54 Å². The zero-order valence-corrected chi connectivity index (χ0v) is 18.9. The standard InChI is InChI=1S/C25H32N4O2/c1-18-10-5-8-13-21(18)31-16-22(30)29-15-9-14-25(17-29)23(28-24(2,3)4)26-19-11-6-7-12-20(19)27-25/h5-8,10-13,27H,9,14-17H2,1-4H3,(H,26,28)/t25-/m0/s1. The van der Waals surface area contributed by atoms with E-state index in [2.05, 4.69) is 43.5 Å². The summed E-state index contributed by atoms with van der Waals surface area (Å²) in [6.07, 6.45) is 1.81. The molecule has 2 aliphatic rings. The monoisotopic (exact) mass is 420 g/mol. The van der Waals surface area contributed by atoms with Gasteiger partial charge in [0, 0.05) is 6.54 Å². The number of anilines is 2. The number of amides is 1. The molecule has 4 rings (SSSR count). The molecule has 0 radical (unpaired) electrons. The second kappa shape index (κ2) is 8.25. The van der Waals surface area contributed by atoms with Crippen LogP contribution < -0.4 is 15.4 Å². The number of ether oxygens (including phenoxy) is 1. The topological polar surface area (TPSA) is 66.0 Å². The first-order valence-corrected chi connectivity index (χ1v) is 11.0. The molecule has 2 N–H and O–H groups in total. The van der Waals surface area contributed by atoms with Crippen LogP contribution >= 0.6 is 0 Å². The average Bonchev–Trinajstić information content (AvgIpc) is 2.73. The molecule has 0 aromatic heterocycles. The molecule has 0 saturated carbocycles. The fraction of sp³-hybridized carbons (Fsp3) is 0.440. The molecule has 0 bridgehead atoms. The van der Waals surface area contributed by atoms with E-state index in [-0.39, 0.29) is 18.1 Å². The lowest BCUT2D eigenvalue weighted by atomic mass is 9.84. The van der Waals surface area contributed by atoms with Crippen LogP contribution in [-0.4, -0.2) is 47.4 Å². The van der Waals surface area contributed by atoms with Crippen molar-refractivity contribution in [3.05, 3.63) is 54.1 Å². The van der Waals surface area contributed by atoms with E-state index in [1.165, 1.54) is 0 Å². The number of likely N-dealkylation sites (tertiary alicyclic amines) is 1. The number of carbonyl (C=O) groups is 1. The van der Waals surface area contributed by atoms with Crippen LogP contribution in [0.1, 0.15) is 39.2 Å². The molecule has 2 aromatic rings. The molecule has 1 saturated heterocycles. The van der Waals surface area contributed by atoms with Crippen molar-refractivity contribution in [1.82, 2.24) is 4.90 Å². The SMILES string of the molecule is Cc1ccccc1OCC(=O)N1CCC[C@@]2(C1)Nc1ccccc1NC2=NC(C)(C)C. The number of aryl methyl sites for hydroxylation is 1. The molecule has 2 aliphatic heterocycles. The summed E-state index contributed by atoms with van der Waals surface area (Å²) in [4.78, 5) is 20.0. The molecule has 1 spiro atoms. The Labute approximate surface area is 184 Å². The fourth-order valence-corrected chi connectivity index (χ4v) is 4.25. The molecule has 1 fully saturated rings. The Balaban J connectivity index is 1.56. The summed E-state index contributed by atoms with van der Waals surface area (Å²) >= 11 is 0. The predicted octanol–water partition coefficient (Wildman–Crippen LogP) is 4.47. The number of fused-ring (bicyclic) bond motifs is 1. The maximum Gasteiger partial charge on any atom is 0.260 e. The number of aliphatic imine (C=N–C) groups is 1. The molecular formula is C25H32N4O2. The van der Waals surface area contributed by atoms with Crippen molar-refractivity contribution in [3.63, 3.8) is 0 Å². The van der Waals surface area contributed by atoms with Gasteiger partial charge in [0.05, 0.1) is 23.5 Å². The van der Waals surface area contributed by atoms with Gasteiger partial charge in [0.15, 0.2) is 6.61 Å². The van der Waals surface area contributed by atoms with Gasteiger partial charge in [-0.2, -0.15) is 0 Å². The van der Waals surface area contributed by atoms with Crippen molar-refractivity contribution in [2.24, 2.45) is 4.99 Å². The molecule has 31 heavy (non-hydrogen) atoms. The Bertz CT molecular complexity index is 995. The van der Waals surface area contributed by atoms with Crippen LogP contribution in [0.3, 0.4) is 0 Å². The van der Waals surface area contributed by atoms with Crippen LogP contribution in [-0.2, 0) is 4.79 Å². The summed E-state index contributed by atoms with van der Waals surface area (Å²) in [5.41, 5.74) is 2.42. The van der Waals surface area contributed by atoms with Gasteiger partial charge in [0.1, 0.15) is 17.1 Å². The van der Waals surface area contributed by atoms with Gasteiger partial charge in [-0.3, -0.25) is 9.79 Å². The first-order chi connectivity index (χ1) is 14.8. The largest absolute Gasteiger partial charge is 0.484 e. The number of piperidine rings is 1. The minimum atomic E-state index is -0.432. The highest BCUT2D eigenvalue weighted by molar-refractivity contribution is 6.10. The Morgan fingerprint density at radius 1 is 1.13 bits per heavy atom. The fourth-order valence-electron chi connectivity index (χ4n) is 4.25. The van der Waals surface area contributed by atoms with Crippen LogP contribution in [0.4, 0.5) is 11.4 Å². The van der Waals surface area contributed by atoms with Gasteiger partial charge >= 0.3 is 0 Å². The smallest absolute Gasteiger partial charge is 0.260 e. The van der Waals surface area contributed by atoms with E-state index in [1.807, 2.05) is 48.2 Å². The van der Waals surface area contributed by atoms with Gasteiger partial charge < -0.3 is 20.3 Å². The lowest BCUT2D eigenvalue weighted by Crippen LogP contribution is -2.63. The normalized spacial score (nSPS) is 21.9. The van der Waals surface area contributed by atoms with E-state index in [0.29, 0.717) is 6.54 Å². The van der Waals surface area contributed by atoms with Crippen LogP contribution in [0.2, 0.25) is 0 Å². The number of carbonyl (C=O) groups excluding carboxylic acids is 1. The van der Waals surface area contributed by atoms with Gasteiger partial charge in [-0.25, -0.2) is 0 Å². The molecule has 2 heterocycles. The zero-order chi connectivity index (χ0) is 22.1. The second-order valence-corrected chi connectivity index (χ2v) is 9.48. The summed E-state index contributed by atoms with van der Waals surface area (Å²) in [6.45, 7) is 9.59. The number of hydrogen-bond donors (Lipinski definition) is 2. The van der Waals surface area contributed by atoms with Gasteiger partial charge in [0.25, 0.3) is 5.91 Å². The first kappa shape index (κ1) is 21.2. The molecule has 0 unspecified atom stereocenters. The molecular weight excluding hydrogens is 388 g/mol. The maximum atomic E-state index is 13.1. The third-order valence-corrected chi connectivity index (χ3v) is 5.74. The van der Waals surface area contributed by atoms with E-state index in [1.54, 1.807) is 0 Å². The van der Waals surface area contributed by atoms with Gasteiger partial charge in [-0.1, -0.05) is 30.3 Å². The summed E-state index contributed by atoms with van der Waals surface area (Å²) in [6, 6.07) is 15.9. The second-order valence-electron chi connectivity index (χ2n) is 9.48. The number of benzene rings is 2. The number of nitrogens with one attached hydrogen (secondary N) is 2. The number of para-hydroxylation sites is 3. The summed E-state index contributed by atoms with van der Waals surface area (Å²) in [5.74, 6) is 1.65. The highest BCUT2D eigenvalue weighted by Crippen LogP contribution is 2.37. The Morgan fingerprint density at radius 3 is 2.58 bits per heavy atom. The third-order valence-electron chi connectivity index (χ3n) is 5.74. The van der Waals surface area contributed by atoms with E-state index in [0.717, 1.165) is 47.9 Å². The Morgan fingerprint density at radius 2 is 1.84 bits per heavy atom. The lowest BCUT2D eigenvalue weighted by molar-refractivity contribution is -0.134. The van der Waals surface area contributed by atoms with Gasteiger partial charge in [0.2, 0.25) is 0 Å². The Kier molecular flexibility index (Phi) is 5.65. The molecule has 2 aromatic carbocycles. The maximum absolute atomic E-state index is 13.1. The van der Waals surface area contributed by atoms with Crippen molar-refractivity contribution >= 4 is 23.1 Å². The molecule has 0 aliphatic carbocycles. The number of nitrogens with zero attached hydrogens (tertiary/aromatic N) is 2. The number of hydrogen-bond acceptors (Lipinski definition) is 4. The highest BCUT2D eigenvalue weighted by atomic mass is 16.5. The van der Waals surface area contributed by atoms with E-state index >= 15 is 0 Å². The van der Waals surface area contributed by atoms with Gasteiger partial charge in [-0.15, -0.1) is 0 Å². The van der Waals surface area contributed by atoms with Crippen molar-refractivity contribution in [1.29, 1.82) is 0 Å². The summed E-state index contributed by atoms with van der Waals surface area (Å²) < 4.78 is 5.83. The summed E-state index contributed by atoms with van der Waals surface area (Å²) in [7, 11) is 0. The van der Waals surface area contributed by atoms with Gasteiger partial charge in [-0.05, 0) is 64.3 Å². The van der Waals surface area contributed by atoms with Crippen molar-refractivity contribution in [3.8, 4) is 5.75 Å². The predicted molar refractivity (Wildman–Crippen MR) is 126 cm³/mol. The van der Waals surface area contributed by atoms with Crippen molar-refractivity contribution in [2.75, 3.05) is 30.3 Å². The highest BCUT2D eigenvalue weighted by Gasteiger charge is 2.45. The van der Waals surface area contributed by atoms with Crippen LogP contribution in [0.25, 0.3) is 0 Å². The molecule has 6 heteroatoms. The molecule has 6 nitrogen and oxygen atoms in total.